The number of aryl methyl sites for hydroxylation is 1. The molecule has 0 saturated carbocycles. The highest BCUT2D eigenvalue weighted by Crippen LogP contribution is 2.26. The first-order valence-electron chi connectivity index (χ1n) is 7.76. The molecule has 122 valence electrons. The van der Waals surface area contributed by atoms with Gasteiger partial charge in [-0.1, -0.05) is 43.3 Å². The van der Waals surface area contributed by atoms with Crippen LogP contribution in [0.3, 0.4) is 0 Å². The van der Waals surface area contributed by atoms with Gasteiger partial charge in [-0.3, -0.25) is 0 Å². The van der Waals surface area contributed by atoms with Gasteiger partial charge in [-0.2, -0.15) is 0 Å². The van der Waals surface area contributed by atoms with Crippen molar-refractivity contribution in [3.05, 3.63) is 70.7 Å². The highest BCUT2D eigenvalue weighted by molar-refractivity contribution is 9.10. The van der Waals surface area contributed by atoms with Crippen LogP contribution in [0.4, 0.5) is 0 Å². The van der Waals surface area contributed by atoms with Gasteiger partial charge in [0.25, 0.3) is 0 Å². The number of carbonyl (C=O) groups excluding carboxylic acids is 1. The molecule has 0 N–H and O–H groups in total. The maximum atomic E-state index is 12.0. The van der Waals surface area contributed by atoms with E-state index in [1.807, 2.05) is 54.6 Å². The van der Waals surface area contributed by atoms with E-state index in [0.29, 0.717) is 11.5 Å². The van der Waals surface area contributed by atoms with Crippen molar-refractivity contribution < 1.29 is 14.3 Å². The van der Waals surface area contributed by atoms with Crippen LogP contribution in [0, 0.1) is 0 Å². The number of esters is 1. The fourth-order valence-electron chi connectivity index (χ4n) is 2.40. The largest absolute Gasteiger partial charge is 0.482 e. The molecule has 4 heteroatoms. The Hall–Kier alpha value is -2.33. The van der Waals surface area contributed by atoms with E-state index in [9.17, 15) is 4.79 Å². The van der Waals surface area contributed by atoms with Crippen LogP contribution in [-0.2, 0) is 11.2 Å². The Morgan fingerprint density at radius 3 is 2.54 bits per heavy atom. The summed E-state index contributed by atoms with van der Waals surface area (Å²) >= 11 is 3.42. The van der Waals surface area contributed by atoms with Crippen LogP contribution in [0.15, 0.2) is 65.1 Å². The Bertz CT molecular complexity index is 874. The highest BCUT2D eigenvalue weighted by Gasteiger charge is 2.10. The Morgan fingerprint density at radius 2 is 1.79 bits per heavy atom. The summed E-state index contributed by atoms with van der Waals surface area (Å²) in [6.45, 7) is 1.94. The predicted molar refractivity (Wildman–Crippen MR) is 98.6 cm³/mol. The normalized spacial score (nSPS) is 10.6. The summed E-state index contributed by atoms with van der Waals surface area (Å²) < 4.78 is 11.7. The smallest absolute Gasteiger partial charge is 0.349 e. The molecule has 0 spiro atoms. The van der Waals surface area contributed by atoms with Gasteiger partial charge in [0.1, 0.15) is 11.5 Å². The van der Waals surface area contributed by atoms with Gasteiger partial charge in [-0.05, 0) is 63.0 Å². The van der Waals surface area contributed by atoms with Gasteiger partial charge < -0.3 is 9.47 Å². The van der Waals surface area contributed by atoms with Crippen molar-refractivity contribution in [2.75, 3.05) is 6.61 Å². The van der Waals surface area contributed by atoms with Crippen molar-refractivity contribution in [1.82, 2.24) is 0 Å². The second kappa shape index (κ2) is 7.49. The molecule has 0 radical (unpaired) electrons. The third kappa shape index (κ3) is 3.95. The molecule has 0 fully saturated rings. The summed E-state index contributed by atoms with van der Waals surface area (Å²) in [5, 5.41) is 2.20. The average Bonchev–Trinajstić information content (AvgIpc) is 2.61. The lowest BCUT2D eigenvalue weighted by molar-refractivity contribution is -0.136. The summed E-state index contributed by atoms with van der Waals surface area (Å²) in [7, 11) is 0. The standard InChI is InChI=1S/C20H17BrO3/c1-2-14-7-10-19(18(21)11-14)24-20(22)13-23-17-9-8-15-5-3-4-6-16(15)12-17/h3-12H,2,13H2,1H3. The Kier molecular flexibility index (Phi) is 5.16. The van der Waals surface area contributed by atoms with Gasteiger partial charge in [0, 0.05) is 0 Å². The van der Waals surface area contributed by atoms with Gasteiger partial charge in [0.05, 0.1) is 4.47 Å². The third-order valence-electron chi connectivity index (χ3n) is 3.71. The molecule has 3 nitrogen and oxygen atoms in total. The van der Waals surface area contributed by atoms with E-state index in [1.54, 1.807) is 6.07 Å². The van der Waals surface area contributed by atoms with Crippen LogP contribution >= 0.6 is 15.9 Å². The third-order valence-corrected chi connectivity index (χ3v) is 4.33. The lowest BCUT2D eigenvalue weighted by Gasteiger charge is -2.09. The molecule has 3 aromatic rings. The van der Waals surface area contributed by atoms with Gasteiger partial charge in [-0.25, -0.2) is 4.79 Å². The maximum absolute atomic E-state index is 12.0. The van der Waals surface area contributed by atoms with Crippen molar-refractivity contribution in [2.24, 2.45) is 0 Å². The highest BCUT2D eigenvalue weighted by atomic mass is 79.9. The zero-order valence-corrected chi connectivity index (χ0v) is 14.9. The van der Waals surface area contributed by atoms with Crippen molar-refractivity contribution in [1.29, 1.82) is 0 Å². The van der Waals surface area contributed by atoms with Crippen LogP contribution in [0.5, 0.6) is 11.5 Å². The number of carbonyl (C=O) groups is 1. The second-order valence-corrected chi connectivity index (χ2v) is 6.24. The van der Waals surface area contributed by atoms with E-state index >= 15 is 0 Å². The molecule has 0 aliphatic heterocycles. The molecular formula is C20H17BrO3. The van der Waals surface area contributed by atoms with E-state index in [2.05, 4.69) is 22.9 Å². The minimum absolute atomic E-state index is 0.139. The van der Waals surface area contributed by atoms with E-state index < -0.39 is 5.97 Å². The molecule has 3 rings (SSSR count). The van der Waals surface area contributed by atoms with E-state index in [-0.39, 0.29) is 6.61 Å². The molecule has 0 aliphatic rings. The van der Waals surface area contributed by atoms with Gasteiger partial charge >= 0.3 is 5.97 Å². The molecule has 0 amide bonds. The maximum Gasteiger partial charge on any atom is 0.349 e. The lowest BCUT2D eigenvalue weighted by Crippen LogP contribution is -2.17. The summed E-state index contributed by atoms with van der Waals surface area (Å²) in [6, 6.07) is 19.4. The summed E-state index contributed by atoms with van der Waals surface area (Å²) in [6.07, 6.45) is 0.928. The molecule has 0 aliphatic carbocycles. The Labute approximate surface area is 149 Å². The molecule has 0 saturated heterocycles. The number of hydrogen-bond acceptors (Lipinski definition) is 3. The molecule has 24 heavy (non-hydrogen) atoms. The first-order chi connectivity index (χ1) is 11.7. The van der Waals surface area contributed by atoms with Crippen LogP contribution in [0.25, 0.3) is 10.8 Å². The van der Waals surface area contributed by atoms with Crippen molar-refractivity contribution >= 4 is 32.7 Å². The fraction of sp³-hybridized carbons (Fsp3) is 0.150. The van der Waals surface area contributed by atoms with Crippen LogP contribution < -0.4 is 9.47 Å². The monoisotopic (exact) mass is 384 g/mol. The summed E-state index contributed by atoms with van der Waals surface area (Å²) in [4.78, 5) is 12.0. The van der Waals surface area contributed by atoms with Crippen LogP contribution in [0.2, 0.25) is 0 Å². The molecule has 0 heterocycles. The number of ether oxygens (including phenoxy) is 2. The molecule has 0 aromatic heterocycles. The topological polar surface area (TPSA) is 35.5 Å². The second-order valence-electron chi connectivity index (χ2n) is 5.39. The fourth-order valence-corrected chi connectivity index (χ4v) is 2.91. The zero-order valence-electron chi connectivity index (χ0n) is 13.3. The van der Waals surface area contributed by atoms with Crippen LogP contribution in [0.1, 0.15) is 12.5 Å². The predicted octanol–water partition coefficient (Wildman–Crippen LogP) is 5.15. The van der Waals surface area contributed by atoms with Crippen molar-refractivity contribution in [3.63, 3.8) is 0 Å². The number of benzene rings is 3. The van der Waals surface area contributed by atoms with Crippen molar-refractivity contribution in [2.45, 2.75) is 13.3 Å². The first kappa shape index (κ1) is 16.5. The van der Waals surface area contributed by atoms with Gasteiger partial charge in [0.15, 0.2) is 6.61 Å². The number of fused-ring (bicyclic) bond motifs is 1. The van der Waals surface area contributed by atoms with Crippen molar-refractivity contribution in [3.8, 4) is 11.5 Å². The first-order valence-corrected chi connectivity index (χ1v) is 8.55. The molecular weight excluding hydrogens is 368 g/mol. The minimum atomic E-state index is -0.437. The number of hydrogen-bond donors (Lipinski definition) is 0. The average molecular weight is 385 g/mol. The van der Waals surface area contributed by atoms with E-state index in [4.69, 9.17) is 9.47 Å². The molecule has 0 unspecified atom stereocenters. The number of rotatable bonds is 5. The van der Waals surface area contributed by atoms with Gasteiger partial charge in [-0.15, -0.1) is 0 Å². The zero-order chi connectivity index (χ0) is 16.9. The Morgan fingerprint density at radius 1 is 1.00 bits per heavy atom. The summed E-state index contributed by atoms with van der Waals surface area (Å²) in [5.74, 6) is 0.707. The lowest BCUT2D eigenvalue weighted by atomic mass is 10.1. The van der Waals surface area contributed by atoms with E-state index in [1.165, 1.54) is 5.56 Å². The number of halogens is 1. The minimum Gasteiger partial charge on any atom is -0.482 e. The van der Waals surface area contributed by atoms with E-state index in [0.717, 1.165) is 21.7 Å². The SMILES string of the molecule is CCc1ccc(OC(=O)COc2ccc3ccccc3c2)c(Br)c1. The molecule has 0 bridgehead atoms. The summed E-state index contributed by atoms with van der Waals surface area (Å²) in [5.41, 5.74) is 1.18. The molecule has 0 atom stereocenters. The molecule has 3 aromatic carbocycles. The Balaban J connectivity index is 1.62. The van der Waals surface area contributed by atoms with Crippen LogP contribution in [-0.4, -0.2) is 12.6 Å². The van der Waals surface area contributed by atoms with Gasteiger partial charge in [0.2, 0.25) is 0 Å². The quantitative estimate of drug-likeness (QED) is 0.450.